The second-order valence-electron chi connectivity index (χ2n) is 3.28. The summed E-state index contributed by atoms with van der Waals surface area (Å²) in [6.07, 6.45) is -0.664. The number of hydrazine groups is 1. The number of aryl methyl sites for hydroxylation is 2. The highest BCUT2D eigenvalue weighted by molar-refractivity contribution is 5.78. The predicted molar refractivity (Wildman–Crippen MR) is 53.6 cm³/mol. The van der Waals surface area contributed by atoms with Crippen molar-refractivity contribution >= 4 is 12.0 Å². The summed E-state index contributed by atoms with van der Waals surface area (Å²) in [5.74, 6) is 0.277. The van der Waals surface area contributed by atoms with Gasteiger partial charge in [-0.15, -0.1) is 0 Å². The average molecular weight is 227 g/mol. The van der Waals surface area contributed by atoms with Gasteiger partial charge in [0.15, 0.2) is 0 Å². The third-order valence-corrected chi connectivity index (χ3v) is 2.09. The summed E-state index contributed by atoms with van der Waals surface area (Å²) in [7, 11) is 0. The van der Waals surface area contributed by atoms with E-state index in [2.05, 4.69) is 5.16 Å². The molecule has 1 aromatic heterocycles. The van der Waals surface area contributed by atoms with Crippen molar-refractivity contribution in [3.8, 4) is 0 Å². The molecule has 2 amide bonds. The zero-order chi connectivity index (χ0) is 12.1. The molecule has 0 bridgehead atoms. The van der Waals surface area contributed by atoms with Gasteiger partial charge in [-0.1, -0.05) is 5.16 Å². The average Bonchev–Trinajstić information content (AvgIpc) is 2.53. The van der Waals surface area contributed by atoms with Crippen LogP contribution in [-0.4, -0.2) is 22.3 Å². The number of nitrogens with zero attached hydrogens (tertiary/aromatic N) is 1. The number of carboxylic acid groups (broad SMARTS) is 1. The molecule has 0 aliphatic carbocycles. The molecule has 0 spiro atoms. The van der Waals surface area contributed by atoms with E-state index in [4.69, 9.17) is 9.63 Å². The SMILES string of the molecule is Cc1noc(C)c1CCC(=O)NNC(=O)O. The standard InChI is InChI=1S/C9H13N3O4/c1-5-7(6(2)16-12-5)3-4-8(13)10-11-9(14)15/h11H,3-4H2,1-2H3,(H,10,13)(H,14,15). The maximum absolute atomic E-state index is 11.2. The lowest BCUT2D eigenvalue weighted by Gasteiger charge is -2.03. The van der Waals surface area contributed by atoms with Crippen LogP contribution in [0.1, 0.15) is 23.4 Å². The Balaban J connectivity index is 2.40. The van der Waals surface area contributed by atoms with Gasteiger partial charge in [0.25, 0.3) is 0 Å². The molecule has 3 N–H and O–H groups in total. The van der Waals surface area contributed by atoms with Crippen molar-refractivity contribution in [3.63, 3.8) is 0 Å². The molecule has 0 saturated heterocycles. The van der Waals surface area contributed by atoms with Crippen molar-refractivity contribution in [2.45, 2.75) is 26.7 Å². The van der Waals surface area contributed by atoms with Crippen LogP contribution in [-0.2, 0) is 11.2 Å². The van der Waals surface area contributed by atoms with Gasteiger partial charge in [-0.25, -0.2) is 10.2 Å². The third-order valence-electron chi connectivity index (χ3n) is 2.09. The Bertz CT molecular complexity index is 380. The summed E-state index contributed by atoms with van der Waals surface area (Å²) in [4.78, 5) is 21.3. The molecule has 0 aromatic carbocycles. The van der Waals surface area contributed by atoms with E-state index in [1.54, 1.807) is 19.3 Å². The van der Waals surface area contributed by atoms with E-state index in [0.717, 1.165) is 11.3 Å². The largest absolute Gasteiger partial charge is 0.464 e. The van der Waals surface area contributed by atoms with Crippen LogP contribution in [0.2, 0.25) is 0 Å². The predicted octanol–water partition coefficient (Wildman–Crippen LogP) is 0.523. The minimum Gasteiger partial charge on any atom is -0.464 e. The fraction of sp³-hybridized carbons (Fsp3) is 0.444. The third kappa shape index (κ3) is 3.26. The Kier molecular flexibility index (Phi) is 3.87. The van der Waals surface area contributed by atoms with Crippen LogP contribution in [0.3, 0.4) is 0 Å². The zero-order valence-corrected chi connectivity index (χ0v) is 9.03. The first-order valence-electron chi connectivity index (χ1n) is 4.70. The van der Waals surface area contributed by atoms with Gasteiger partial charge in [-0.3, -0.25) is 10.2 Å². The van der Waals surface area contributed by atoms with Crippen molar-refractivity contribution in [1.29, 1.82) is 0 Å². The molecule has 1 heterocycles. The number of carbonyl (C=O) groups excluding carboxylic acids is 1. The maximum atomic E-state index is 11.2. The van der Waals surface area contributed by atoms with Gasteiger partial charge >= 0.3 is 6.09 Å². The Labute approximate surface area is 91.8 Å². The fourth-order valence-electron chi connectivity index (χ4n) is 1.28. The first-order chi connectivity index (χ1) is 7.50. The first kappa shape index (κ1) is 12.0. The molecule has 0 aliphatic rings. The molecule has 1 rings (SSSR count). The molecule has 0 unspecified atom stereocenters. The minimum absolute atomic E-state index is 0.170. The normalized spacial score (nSPS) is 9.88. The van der Waals surface area contributed by atoms with E-state index in [1.807, 2.05) is 5.43 Å². The molecule has 0 fully saturated rings. The smallest absolute Gasteiger partial charge is 0.423 e. The molecule has 0 radical (unpaired) electrons. The van der Waals surface area contributed by atoms with Crippen molar-refractivity contribution < 1.29 is 19.2 Å². The van der Waals surface area contributed by atoms with Crippen molar-refractivity contribution in [2.75, 3.05) is 0 Å². The van der Waals surface area contributed by atoms with Crippen LogP contribution in [0.15, 0.2) is 4.52 Å². The summed E-state index contributed by atoms with van der Waals surface area (Å²) in [5.41, 5.74) is 5.45. The minimum atomic E-state index is -1.30. The summed E-state index contributed by atoms with van der Waals surface area (Å²) in [6.45, 7) is 3.56. The van der Waals surface area contributed by atoms with E-state index >= 15 is 0 Å². The lowest BCUT2D eigenvalue weighted by atomic mass is 10.1. The highest BCUT2D eigenvalue weighted by Crippen LogP contribution is 2.13. The second-order valence-corrected chi connectivity index (χ2v) is 3.28. The van der Waals surface area contributed by atoms with Crippen molar-refractivity contribution in [2.24, 2.45) is 0 Å². The highest BCUT2D eigenvalue weighted by Gasteiger charge is 2.11. The van der Waals surface area contributed by atoms with E-state index in [1.165, 1.54) is 0 Å². The molecule has 88 valence electrons. The van der Waals surface area contributed by atoms with E-state index in [-0.39, 0.29) is 6.42 Å². The van der Waals surface area contributed by atoms with E-state index in [9.17, 15) is 9.59 Å². The second kappa shape index (κ2) is 5.15. The van der Waals surface area contributed by atoms with Crippen LogP contribution in [0, 0.1) is 13.8 Å². The van der Waals surface area contributed by atoms with Gasteiger partial charge in [0.2, 0.25) is 5.91 Å². The topological polar surface area (TPSA) is 104 Å². The number of carbonyl (C=O) groups is 2. The zero-order valence-electron chi connectivity index (χ0n) is 9.03. The van der Waals surface area contributed by atoms with Crippen LogP contribution in [0.25, 0.3) is 0 Å². The molecule has 16 heavy (non-hydrogen) atoms. The fourth-order valence-corrected chi connectivity index (χ4v) is 1.28. The number of amides is 2. The van der Waals surface area contributed by atoms with Crippen LogP contribution in [0.5, 0.6) is 0 Å². The van der Waals surface area contributed by atoms with Gasteiger partial charge in [0.1, 0.15) is 5.76 Å². The van der Waals surface area contributed by atoms with Gasteiger partial charge in [0.05, 0.1) is 5.69 Å². The summed E-state index contributed by atoms with van der Waals surface area (Å²) < 4.78 is 4.93. The summed E-state index contributed by atoms with van der Waals surface area (Å²) in [6, 6.07) is 0. The van der Waals surface area contributed by atoms with Crippen LogP contribution < -0.4 is 10.9 Å². The Hall–Kier alpha value is -2.05. The highest BCUT2D eigenvalue weighted by atomic mass is 16.5. The molecule has 0 saturated carbocycles. The number of hydrogen-bond donors (Lipinski definition) is 3. The monoisotopic (exact) mass is 227 g/mol. The molecule has 0 aliphatic heterocycles. The van der Waals surface area contributed by atoms with E-state index in [0.29, 0.717) is 12.2 Å². The molecule has 7 nitrogen and oxygen atoms in total. The van der Waals surface area contributed by atoms with Gasteiger partial charge < -0.3 is 9.63 Å². The van der Waals surface area contributed by atoms with Crippen molar-refractivity contribution in [3.05, 3.63) is 17.0 Å². The number of rotatable bonds is 3. The molecular weight excluding hydrogens is 214 g/mol. The number of nitrogens with one attached hydrogen (secondary N) is 2. The van der Waals surface area contributed by atoms with E-state index < -0.39 is 12.0 Å². The summed E-state index contributed by atoms with van der Waals surface area (Å²) in [5, 5.41) is 12.0. The Morgan fingerprint density at radius 2 is 2.06 bits per heavy atom. The van der Waals surface area contributed by atoms with Crippen LogP contribution >= 0.6 is 0 Å². The lowest BCUT2D eigenvalue weighted by Crippen LogP contribution is -2.40. The first-order valence-corrected chi connectivity index (χ1v) is 4.70. The number of hydrogen-bond acceptors (Lipinski definition) is 4. The van der Waals surface area contributed by atoms with Gasteiger partial charge in [-0.05, 0) is 20.3 Å². The maximum Gasteiger partial charge on any atom is 0.423 e. The van der Waals surface area contributed by atoms with Crippen LogP contribution in [0.4, 0.5) is 4.79 Å². The Morgan fingerprint density at radius 3 is 2.56 bits per heavy atom. The van der Waals surface area contributed by atoms with Crippen molar-refractivity contribution in [1.82, 2.24) is 16.0 Å². The summed E-state index contributed by atoms with van der Waals surface area (Å²) >= 11 is 0. The van der Waals surface area contributed by atoms with Gasteiger partial charge in [0, 0.05) is 12.0 Å². The Morgan fingerprint density at radius 1 is 1.38 bits per heavy atom. The molecule has 1 aromatic rings. The molecular formula is C9H13N3O4. The number of aromatic nitrogens is 1. The lowest BCUT2D eigenvalue weighted by molar-refractivity contribution is -0.121. The molecule has 7 heteroatoms. The quantitative estimate of drug-likeness (QED) is 0.653. The van der Waals surface area contributed by atoms with Gasteiger partial charge in [-0.2, -0.15) is 0 Å². The molecule has 0 atom stereocenters.